The number of hydrogen-bond donors (Lipinski definition) is 0. The average Bonchev–Trinajstić information content (AvgIpc) is 2.66. The zero-order valence-corrected chi connectivity index (χ0v) is 12.7. The Labute approximate surface area is 125 Å². The lowest BCUT2D eigenvalue weighted by Crippen LogP contribution is -2.39. The summed E-state index contributed by atoms with van der Waals surface area (Å²) in [7, 11) is 3.54. The first-order valence-corrected chi connectivity index (χ1v) is 7.29. The van der Waals surface area contributed by atoms with Crippen LogP contribution in [-0.2, 0) is 16.0 Å². The summed E-state index contributed by atoms with van der Waals surface area (Å²) in [5.74, 6) is 0.222. The van der Waals surface area contributed by atoms with Gasteiger partial charge in [0.05, 0.1) is 19.8 Å². The minimum absolute atomic E-state index is 0.109. The van der Waals surface area contributed by atoms with Crippen molar-refractivity contribution in [1.82, 2.24) is 9.80 Å². The molecule has 1 saturated heterocycles. The fourth-order valence-corrected chi connectivity index (χ4v) is 2.51. The summed E-state index contributed by atoms with van der Waals surface area (Å²) >= 11 is 0. The molecule has 0 bridgehead atoms. The molecule has 1 unspecified atom stereocenters. The summed E-state index contributed by atoms with van der Waals surface area (Å²) in [6, 6.07) is 6.60. The number of likely N-dealkylation sites (N-methyl/N-ethyl adjacent to an activating group) is 1. The number of hydrogen-bond acceptors (Lipinski definition) is 3. The highest BCUT2D eigenvalue weighted by Gasteiger charge is 2.21. The van der Waals surface area contributed by atoms with E-state index >= 15 is 0 Å². The molecule has 1 aromatic rings. The molecule has 0 saturated carbocycles. The summed E-state index contributed by atoms with van der Waals surface area (Å²) in [6.45, 7) is 3.37. The standard InChI is InChI=1S/C16H23FN2O2/c1-18(2)16(20)11-19-7-8-21-12-14(10-19)9-13-3-5-15(17)6-4-13/h3-6,14H,7-12H2,1-2H3. The topological polar surface area (TPSA) is 32.8 Å². The Morgan fingerprint density at radius 1 is 1.38 bits per heavy atom. The van der Waals surface area contributed by atoms with E-state index in [2.05, 4.69) is 4.90 Å². The van der Waals surface area contributed by atoms with E-state index in [0.29, 0.717) is 25.7 Å². The molecule has 0 aliphatic carbocycles. The van der Waals surface area contributed by atoms with Crippen LogP contribution in [0.15, 0.2) is 24.3 Å². The maximum atomic E-state index is 12.9. The Bertz CT molecular complexity index is 462. The predicted octanol–water partition coefficient (Wildman–Crippen LogP) is 1.40. The van der Waals surface area contributed by atoms with Gasteiger partial charge in [0.15, 0.2) is 0 Å². The zero-order valence-electron chi connectivity index (χ0n) is 12.7. The number of ether oxygens (including phenoxy) is 1. The minimum Gasteiger partial charge on any atom is -0.380 e. The van der Waals surface area contributed by atoms with Gasteiger partial charge < -0.3 is 9.64 Å². The second-order valence-electron chi connectivity index (χ2n) is 5.79. The number of halogens is 1. The van der Waals surface area contributed by atoms with Gasteiger partial charge in [0.2, 0.25) is 5.91 Å². The highest BCUT2D eigenvalue weighted by atomic mass is 19.1. The lowest BCUT2D eigenvalue weighted by atomic mass is 9.99. The maximum Gasteiger partial charge on any atom is 0.236 e. The quantitative estimate of drug-likeness (QED) is 0.841. The molecular formula is C16H23FN2O2. The van der Waals surface area contributed by atoms with E-state index in [1.807, 2.05) is 12.1 Å². The third kappa shape index (κ3) is 5.10. The molecule has 4 nitrogen and oxygen atoms in total. The molecule has 116 valence electrons. The van der Waals surface area contributed by atoms with Gasteiger partial charge in [-0.2, -0.15) is 0 Å². The Morgan fingerprint density at radius 3 is 2.76 bits per heavy atom. The number of carbonyl (C=O) groups excluding carboxylic acids is 1. The van der Waals surface area contributed by atoms with Crippen molar-refractivity contribution in [3.8, 4) is 0 Å². The maximum absolute atomic E-state index is 12.9. The van der Waals surface area contributed by atoms with Crippen LogP contribution in [0.25, 0.3) is 0 Å². The highest BCUT2D eigenvalue weighted by Crippen LogP contribution is 2.14. The lowest BCUT2D eigenvalue weighted by Gasteiger charge is -2.24. The number of carbonyl (C=O) groups is 1. The molecule has 0 spiro atoms. The first-order valence-electron chi connectivity index (χ1n) is 7.29. The molecule has 1 fully saturated rings. The van der Waals surface area contributed by atoms with Crippen molar-refractivity contribution in [3.05, 3.63) is 35.6 Å². The molecule has 1 aliphatic heterocycles. The second kappa shape index (κ2) is 7.52. The normalized spacial score (nSPS) is 20.0. The van der Waals surface area contributed by atoms with Crippen LogP contribution >= 0.6 is 0 Å². The molecule has 0 aromatic heterocycles. The Balaban J connectivity index is 1.93. The van der Waals surface area contributed by atoms with Gasteiger partial charge in [-0.25, -0.2) is 4.39 Å². The summed E-state index contributed by atoms with van der Waals surface area (Å²) in [5.41, 5.74) is 1.10. The van der Waals surface area contributed by atoms with Crippen LogP contribution in [0.5, 0.6) is 0 Å². The van der Waals surface area contributed by atoms with Gasteiger partial charge >= 0.3 is 0 Å². The molecular weight excluding hydrogens is 271 g/mol. The number of amides is 1. The molecule has 1 atom stereocenters. The van der Waals surface area contributed by atoms with Crippen molar-refractivity contribution >= 4 is 5.91 Å². The molecule has 21 heavy (non-hydrogen) atoms. The Morgan fingerprint density at radius 2 is 2.10 bits per heavy atom. The first-order chi connectivity index (χ1) is 10.0. The monoisotopic (exact) mass is 294 g/mol. The molecule has 0 N–H and O–H groups in total. The minimum atomic E-state index is -0.214. The molecule has 1 aliphatic rings. The Hall–Kier alpha value is -1.46. The molecule has 1 amide bonds. The second-order valence-corrected chi connectivity index (χ2v) is 5.79. The number of nitrogens with zero attached hydrogens (tertiary/aromatic N) is 2. The van der Waals surface area contributed by atoms with Gasteiger partial charge in [-0.3, -0.25) is 9.69 Å². The number of rotatable bonds is 4. The molecule has 0 radical (unpaired) electrons. The van der Waals surface area contributed by atoms with Crippen LogP contribution in [0.2, 0.25) is 0 Å². The van der Waals surface area contributed by atoms with Crippen LogP contribution in [0.3, 0.4) is 0 Å². The van der Waals surface area contributed by atoms with Gasteiger partial charge in [-0.1, -0.05) is 12.1 Å². The largest absolute Gasteiger partial charge is 0.380 e. The van der Waals surface area contributed by atoms with Crippen molar-refractivity contribution in [2.45, 2.75) is 6.42 Å². The summed E-state index contributed by atoms with van der Waals surface area (Å²) < 4.78 is 18.6. The summed E-state index contributed by atoms with van der Waals surface area (Å²) in [5, 5.41) is 0. The first kappa shape index (κ1) is 15.9. The Kier molecular flexibility index (Phi) is 5.70. The van der Waals surface area contributed by atoms with E-state index < -0.39 is 0 Å². The van der Waals surface area contributed by atoms with Crippen LogP contribution in [0.4, 0.5) is 4.39 Å². The summed E-state index contributed by atoms with van der Waals surface area (Å²) in [6.07, 6.45) is 0.840. The third-order valence-corrected chi connectivity index (χ3v) is 3.72. The smallest absolute Gasteiger partial charge is 0.236 e. The van der Waals surface area contributed by atoms with E-state index in [0.717, 1.165) is 25.1 Å². The van der Waals surface area contributed by atoms with Crippen LogP contribution in [-0.4, -0.2) is 62.7 Å². The van der Waals surface area contributed by atoms with E-state index in [1.54, 1.807) is 19.0 Å². The number of benzene rings is 1. The van der Waals surface area contributed by atoms with Crippen molar-refractivity contribution in [2.24, 2.45) is 5.92 Å². The fourth-order valence-electron chi connectivity index (χ4n) is 2.51. The van der Waals surface area contributed by atoms with Crippen molar-refractivity contribution < 1.29 is 13.9 Å². The van der Waals surface area contributed by atoms with Crippen molar-refractivity contribution in [2.75, 3.05) is 46.9 Å². The van der Waals surface area contributed by atoms with E-state index in [9.17, 15) is 9.18 Å². The van der Waals surface area contributed by atoms with Gasteiger partial charge in [0.25, 0.3) is 0 Å². The van der Waals surface area contributed by atoms with E-state index in [4.69, 9.17) is 4.74 Å². The van der Waals surface area contributed by atoms with Gasteiger partial charge in [0.1, 0.15) is 5.82 Å². The van der Waals surface area contributed by atoms with Crippen LogP contribution in [0, 0.1) is 11.7 Å². The molecule has 5 heteroatoms. The highest BCUT2D eigenvalue weighted by molar-refractivity contribution is 5.77. The van der Waals surface area contributed by atoms with Crippen LogP contribution in [0.1, 0.15) is 5.56 Å². The SMILES string of the molecule is CN(C)C(=O)CN1CCOCC(Cc2ccc(F)cc2)C1. The molecule has 1 aromatic carbocycles. The van der Waals surface area contributed by atoms with Gasteiger partial charge in [0, 0.05) is 27.2 Å². The predicted molar refractivity (Wildman–Crippen MR) is 79.5 cm³/mol. The average molecular weight is 294 g/mol. The lowest BCUT2D eigenvalue weighted by molar-refractivity contribution is -0.129. The summed E-state index contributed by atoms with van der Waals surface area (Å²) in [4.78, 5) is 15.6. The zero-order chi connectivity index (χ0) is 15.2. The van der Waals surface area contributed by atoms with Crippen molar-refractivity contribution in [3.63, 3.8) is 0 Å². The third-order valence-electron chi connectivity index (χ3n) is 3.72. The van der Waals surface area contributed by atoms with Crippen LogP contribution < -0.4 is 0 Å². The van der Waals surface area contributed by atoms with Crippen molar-refractivity contribution in [1.29, 1.82) is 0 Å². The van der Waals surface area contributed by atoms with Gasteiger partial charge in [-0.05, 0) is 30.0 Å². The molecule has 1 heterocycles. The molecule has 2 rings (SSSR count). The van der Waals surface area contributed by atoms with E-state index in [-0.39, 0.29) is 11.7 Å². The van der Waals surface area contributed by atoms with E-state index in [1.165, 1.54) is 12.1 Å². The van der Waals surface area contributed by atoms with Gasteiger partial charge in [-0.15, -0.1) is 0 Å². The fraction of sp³-hybridized carbons (Fsp3) is 0.562.